The SMILES string of the molecule is O=C(NCC(=O)N1CCN(C(=O)c2ccc3nc[nH]c3c2)CC1)c1ccc(-c2ccccc2)cc1. The van der Waals surface area contributed by atoms with Gasteiger partial charge in [0.05, 0.1) is 23.9 Å². The van der Waals surface area contributed by atoms with Gasteiger partial charge in [-0.2, -0.15) is 0 Å². The molecule has 3 aromatic carbocycles. The molecule has 1 aliphatic heterocycles. The molecule has 4 aromatic rings. The van der Waals surface area contributed by atoms with E-state index in [2.05, 4.69) is 15.3 Å². The van der Waals surface area contributed by atoms with Crippen LogP contribution in [-0.2, 0) is 4.79 Å². The highest BCUT2D eigenvalue weighted by molar-refractivity contribution is 5.98. The van der Waals surface area contributed by atoms with Gasteiger partial charge in [0, 0.05) is 37.3 Å². The third kappa shape index (κ3) is 4.91. The van der Waals surface area contributed by atoms with Crippen LogP contribution >= 0.6 is 0 Å². The summed E-state index contributed by atoms with van der Waals surface area (Å²) in [6, 6.07) is 22.6. The van der Waals surface area contributed by atoms with Gasteiger partial charge in [0.25, 0.3) is 11.8 Å². The summed E-state index contributed by atoms with van der Waals surface area (Å²) in [6.45, 7) is 1.67. The van der Waals surface area contributed by atoms with Crippen molar-refractivity contribution in [2.75, 3.05) is 32.7 Å². The zero-order valence-electron chi connectivity index (χ0n) is 19.1. The van der Waals surface area contributed by atoms with E-state index in [4.69, 9.17) is 0 Å². The number of carbonyl (C=O) groups is 3. The molecule has 1 saturated heterocycles. The van der Waals surface area contributed by atoms with Crippen molar-refractivity contribution in [2.45, 2.75) is 0 Å². The van der Waals surface area contributed by atoms with Crippen LogP contribution in [0.1, 0.15) is 20.7 Å². The molecule has 5 rings (SSSR count). The van der Waals surface area contributed by atoms with Gasteiger partial charge in [-0.05, 0) is 41.5 Å². The van der Waals surface area contributed by atoms with E-state index in [-0.39, 0.29) is 24.3 Å². The number of rotatable bonds is 5. The Bertz CT molecular complexity index is 1360. The van der Waals surface area contributed by atoms with E-state index < -0.39 is 0 Å². The first-order chi connectivity index (χ1) is 17.1. The molecule has 0 atom stereocenters. The first kappa shape index (κ1) is 22.3. The zero-order valence-corrected chi connectivity index (χ0v) is 19.1. The van der Waals surface area contributed by atoms with E-state index in [9.17, 15) is 14.4 Å². The molecule has 0 unspecified atom stereocenters. The van der Waals surface area contributed by atoms with Gasteiger partial charge in [0.1, 0.15) is 0 Å². The van der Waals surface area contributed by atoms with Crippen molar-refractivity contribution in [2.24, 2.45) is 0 Å². The van der Waals surface area contributed by atoms with E-state index >= 15 is 0 Å². The van der Waals surface area contributed by atoms with E-state index in [0.717, 1.165) is 22.2 Å². The molecule has 2 N–H and O–H groups in total. The minimum Gasteiger partial charge on any atom is -0.345 e. The van der Waals surface area contributed by atoms with Crippen LogP contribution < -0.4 is 5.32 Å². The van der Waals surface area contributed by atoms with E-state index in [1.165, 1.54) is 0 Å². The number of amides is 3. The summed E-state index contributed by atoms with van der Waals surface area (Å²) in [6.07, 6.45) is 1.60. The molecule has 1 fully saturated rings. The summed E-state index contributed by atoms with van der Waals surface area (Å²) >= 11 is 0. The minimum atomic E-state index is -0.291. The van der Waals surface area contributed by atoms with Crippen LogP contribution in [0.2, 0.25) is 0 Å². The molecule has 8 nitrogen and oxygen atoms in total. The van der Waals surface area contributed by atoms with Crippen LogP contribution in [0, 0.1) is 0 Å². The Hall–Kier alpha value is -4.46. The van der Waals surface area contributed by atoms with Crippen molar-refractivity contribution in [3.63, 3.8) is 0 Å². The summed E-state index contributed by atoms with van der Waals surface area (Å²) in [5.41, 5.74) is 4.82. The summed E-state index contributed by atoms with van der Waals surface area (Å²) in [4.78, 5) is 48.6. The van der Waals surface area contributed by atoms with E-state index in [0.29, 0.717) is 37.3 Å². The predicted octanol–water partition coefficient (Wildman–Crippen LogP) is 2.94. The lowest BCUT2D eigenvalue weighted by atomic mass is 10.0. The molecule has 2 heterocycles. The van der Waals surface area contributed by atoms with Crippen molar-refractivity contribution in [1.29, 1.82) is 0 Å². The smallest absolute Gasteiger partial charge is 0.254 e. The number of hydrogen-bond donors (Lipinski definition) is 2. The number of piperazine rings is 1. The van der Waals surface area contributed by atoms with Gasteiger partial charge >= 0.3 is 0 Å². The van der Waals surface area contributed by atoms with Gasteiger partial charge < -0.3 is 20.1 Å². The maximum Gasteiger partial charge on any atom is 0.254 e. The Morgan fingerprint density at radius 2 is 1.46 bits per heavy atom. The molecular weight excluding hydrogens is 442 g/mol. The second-order valence-electron chi connectivity index (χ2n) is 8.43. The summed E-state index contributed by atoms with van der Waals surface area (Å²) in [7, 11) is 0. The van der Waals surface area contributed by atoms with Crippen molar-refractivity contribution in [3.8, 4) is 11.1 Å². The molecule has 8 heteroatoms. The molecular formula is C27H25N5O3. The lowest BCUT2D eigenvalue weighted by molar-refractivity contribution is -0.131. The second-order valence-corrected chi connectivity index (χ2v) is 8.43. The molecule has 3 amide bonds. The molecule has 1 aromatic heterocycles. The van der Waals surface area contributed by atoms with Gasteiger partial charge in [0.15, 0.2) is 0 Å². The maximum atomic E-state index is 12.9. The van der Waals surface area contributed by atoms with E-state index in [1.807, 2.05) is 48.5 Å². The van der Waals surface area contributed by atoms with Crippen LogP contribution in [-0.4, -0.2) is 70.2 Å². The number of hydrogen-bond acceptors (Lipinski definition) is 4. The number of nitrogens with zero attached hydrogens (tertiary/aromatic N) is 3. The molecule has 0 bridgehead atoms. The molecule has 0 aliphatic carbocycles. The Labute approximate surface area is 202 Å². The Morgan fingerprint density at radius 1 is 0.800 bits per heavy atom. The molecule has 1 aliphatic rings. The number of H-pyrrole nitrogens is 1. The number of carbonyl (C=O) groups excluding carboxylic acids is 3. The van der Waals surface area contributed by atoms with Crippen LogP contribution in [0.5, 0.6) is 0 Å². The fourth-order valence-corrected chi connectivity index (χ4v) is 4.22. The molecule has 35 heavy (non-hydrogen) atoms. The number of nitrogens with one attached hydrogen (secondary N) is 2. The first-order valence-corrected chi connectivity index (χ1v) is 11.5. The summed E-state index contributed by atoms with van der Waals surface area (Å²) in [5, 5.41) is 2.71. The van der Waals surface area contributed by atoms with Gasteiger partial charge in [-0.25, -0.2) is 4.98 Å². The highest BCUT2D eigenvalue weighted by Crippen LogP contribution is 2.19. The highest BCUT2D eigenvalue weighted by Gasteiger charge is 2.25. The maximum absolute atomic E-state index is 12.9. The Balaban J connectivity index is 1.11. The molecule has 0 radical (unpaired) electrons. The second kappa shape index (κ2) is 9.80. The lowest BCUT2D eigenvalue weighted by Crippen LogP contribution is -2.52. The van der Waals surface area contributed by atoms with Crippen LogP contribution in [0.15, 0.2) is 79.1 Å². The average Bonchev–Trinajstić information content (AvgIpc) is 3.40. The van der Waals surface area contributed by atoms with E-state index in [1.54, 1.807) is 40.4 Å². The molecule has 0 spiro atoms. The standard InChI is InChI=1S/C27H25N5O3/c33-25(17-28-26(34)21-8-6-20(7-9-21)19-4-2-1-3-5-19)31-12-14-32(15-13-31)27(35)22-10-11-23-24(16-22)30-18-29-23/h1-11,16,18H,12-15,17H2,(H,28,34)(H,29,30). The quantitative estimate of drug-likeness (QED) is 0.472. The van der Waals surface area contributed by atoms with Crippen molar-refractivity contribution in [3.05, 3.63) is 90.3 Å². The monoisotopic (exact) mass is 467 g/mol. The average molecular weight is 468 g/mol. The van der Waals surface area contributed by atoms with Crippen molar-refractivity contribution in [1.82, 2.24) is 25.1 Å². The molecule has 0 saturated carbocycles. The van der Waals surface area contributed by atoms with Crippen molar-refractivity contribution < 1.29 is 14.4 Å². The normalized spacial score (nSPS) is 13.6. The number of aromatic amines is 1. The minimum absolute atomic E-state index is 0.0687. The zero-order chi connectivity index (χ0) is 24.2. The largest absolute Gasteiger partial charge is 0.345 e. The van der Waals surface area contributed by atoms with Gasteiger partial charge in [-0.3, -0.25) is 14.4 Å². The van der Waals surface area contributed by atoms with Gasteiger partial charge in [0.2, 0.25) is 5.91 Å². The highest BCUT2D eigenvalue weighted by atomic mass is 16.2. The van der Waals surface area contributed by atoms with Gasteiger partial charge in [-0.1, -0.05) is 42.5 Å². The topological polar surface area (TPSA) is 98.4 Å². The number of aromatic nitrogens is 2. The Morgan fingerprint density at radius 3 is 2.20 bits per heavy atom. The van der Waals surface area contributed by atoms with Gasteiger partial charge in [-0.15, -0.1) is 0 Å². The first-order valence-electron chi connectivity index (χ1n) is 11.5. The Kier molecular flexibility index (Phi) is 6.26. The number of benzene rings is 3. The van der Waals surface area contributed by atoms with Crippen LogP contribution in [0.4, 0.5) is 0 Å². The number of fused-ring (bicyclic) bond motifs is 1. The third-order valence-corrected chi connectivity index (χ3v) is 6.24. The lowest BCUT2D eigenvalue weighted by Gasteiger charge is -2.34. The van der Waals surface area contributed by atoms with Crippen LogP contribution in [0.3, 0.4) is 0 Å². The third-order valence-electron chi connectivity index (χ3n) is 6.24. The van der Waals surface area contributed by atoms with Crippen LogP contribution in [0.25, 0.3) is 22.2 Å². The number of imidazole rings is 1. The fraction of sp³-hybridized carbons (Fsp3) is 0.185. The summed E-state index contributed by atoms with van der Waals surface area (Å²) in [5.74, 6) is -0.521. The van der Waals surface area contributed by atoms with Crippen molar-refractivity contribution >= 4 is 28.8 Å². The fourth-order valence-electron chi connectivity index (χ4n) is 4.22. The molecule has 176 valence electrons. The summed E-state index contributed by atoms with van der Waals surface area (Å²) < 4.78 is 0. The predicted molar refractivity (Wildman–Crippen MR) is 133 cm³/mol.